The van der Waals surface area contributed by atoms with Crippen molar-refractivity contribution in [1.82, 2.24) is 25.1 Å². The number of halogens is 1. The average Bonchev–Trinajstić information content (AvgIpc) is 3.19. The van der Waals surface area contributed by atoms with Crippen molar-refractivity contribution >= 4 is 11.9 Å². The van der Waals surface area contributed by atoms with E-state index >= 15 is 0 Å². The maximum Gasteiger partial charge on any atom is 0.230 e. The quantitative estimate of drug-likeness (QED) is 0.664. The number of nitrogens with one attached hydrogen (secondary N) is 1. The molecule has 0 aliphatic carbocycles. The van der Waals surface area contributed by atoms with Crippen molar-refractivity contribution in [3.05, 3.63) is 72.6 Å². The predicted molar refractivity (Wildman–Crippen MR) is 107 cm³/mol. The van der Waals surface area contributed by atoms with Crippen molar-refractivity contribution in [1.29, 1.82) is 0 Å². The van der Waals surface area contributed by atoms with Crippen LogP contribution in [0.15, 0.2) is 61.2 Å². The van der Waals surface area contributed by atoms with Crippen LogP contribution in [0.4, 0.5) is 10.3 Å². The van der Waals surface area contributed by atoms with Crippen molar-refractivity contribution in [3.63, 3.8) is 0 Å². The van der Waals surface area contributed by atoms with Crippen LogP contribution in [0.25, 0.3) is 0 Å². The summed E-state index contributed by atoms with van der Waals surface area (Å²) < 4.78 is 16.1. The minimum absolute atomic E-state index is 0.0902. The summed E-state index contributed by atoms with van der Waals surface area (Å²) in [5, 5.41) is 7.26. The monoisotopic (exact) mass is 394 g/mol. The van der Waals surface area contributed by atoms with Gasteiger partial charge in [0.05, 0.1) is 12.0 Å². The molecule has 4 rings (SSSR count). The van der Waals surface area contributed by atoms with E-state index in [1.54, 1.807) is 47.5 Å². The Balaban J connectivity index is 1.50. The molecule has 1 aliphatic rings. The molecule has 1 aromatic carbocycles. The highest BCUT2D eigenvalue weighted by molar-refractivity contribution is 5.86. The Morgan fingerprint density at radius 2 is 1.93 bits per heavy atom. The number of hydrogen-bond acceptors (Lipinski definition) is 5. The summed E-state index contributed by atoms with van der Waals surface area (Å²) in [6.45, 7) is 3.38. The van der Waals surface area contributed by atoms with E-state index in [0.29, 0.717) is 37.6 Å². The standard InChI is InChI=1S/C21H23FN6O/c1-16(13-28-11-5-10-25-28)26-19(29)21(12-17-6-2-3-7-18(17)22)14-27(15-21)20-23-8-4-9-24-20/h2-11,16H,12-15H2,1H3,(H,26,29). The van der Waals surface area contributed by atoms with Gasteiger partial charge in [0.1, 0.15) is 5.82 Å². The highest BCUT2D eigenvalue weighted by atomic mass is 19.1. The molecule has 0 saturated carbocycles. The highest BCUT2D eigenvalue weighted by Crippen LogP contribution is 2.37. The SMILES string of the molecule is CC(Cn1cccn1)NC(=O)C1(Cc2ccccc2F)CN(c2ncccn2)C1. The van der Waals surface area contributed by atoms with Gasteiger partial charge >= 0.3 is 0 Å². The van der Waals surface area contributed by atoms with Gasteiger partial charge in [-0.2, -0.15) is 5.10 Å². The van der Waals surface area contributed by atoms with Crippen molar-refractivity contribution in [3.8, 4) is 0 Å². The van der Waals surface area contributed by atoms with E-state index in [2.05, 4.69) is 20.4 Å². The minimum Gasteiger partial charge on any atom is -0.351 e. The number of hydrogen-bond donors (Lipinski definition) is 1. The summed E-state index contributed by atoms with van der Waals surface area (Å²) in [5.41, 5.74) is -0.198. The molecular weight excluding hydrogens is 371 g/mol. The van der Waals surface area contributed by atoms with Gasteiger partial charge in [-0.3, -0.25) is 9.48 Å². The van der Waals surface area contributed by atoms with Gasteiger partial charge in [-0.05, 0) is 37.1 Å². The van der Waals surface area contributed by atoms with Crippen LogP contribution < -0.4 is 10.2 Å². The molecule has 1 fully saturated rings. The molecule has 1 atom stereocenters. The van der Waals surface area contributed by atoms with Gasteiger partial charge in [-0.1, -0.05) is 18.2 Å². The first-order valence-corrected chi connectivity index (χ1v) is 9.59. The largest absolute Gasteiger partial charge is 0.351 e. The van der Waals surface area contributed by atoms with E-state index in [-0.39, 0.29) is 17.8 Å². The zero-order chi connectivity index (χ0) is 20.3. The Labute approximate surface area is 168 Å². The molecule has 0 bridgehead atoms. The van der Waals surface area contributed by atoms with Gasteiger partial charge < -0.3 is 10.2 Å². The van der Waals surface area contributed by atoms with Crippen molar-refractivity contribution in [2.24, 2.45) is 5.41 Å². The third kappa shape index (κ3) is 4.11. The topological polar surface area (TPSA) is 75.9 Å². The lowest BCUT2D eigenvalue weighted by Crippen LogP contribution is -2.65. The Morgan fingerprint density at radius 3 is 2.62 bits per heavy atom. The second-order valence-electron chi connectivity index (χ2n) is 7.56. The number of amides is 1. The number of nitrogens with zero attached hydrogens (tertiary/aromatic N) is 5. The number of benzene rings is 1. The molecule has 3 heterocycles. The Kier molecular flexibility index (Phi) is 5.24. The van der Waals surface area contributed by atoms with E-state index < -0.39 is 5.41 Å². The van der Waals surface area contributed by atoms with E-state index in [4.69, 9.17) is 0 Å². The summed E-state index contributed by atoms with van der Waals surface area (Å²) in [5.74, 6) is 0.195. The number of rotatable bonds is 7. The van der Waals surface area contributed by atoms with Crippen LogP contribution in [0.2, 0.25) is 0 Å². The third-order valence-electron chi connectivity index (χ3n) is 5.19. The lowest BCUT2D eigenvalue weighted by Gasteiger charge is -2.49. The number of carbonyl (C=O) groups excluding carboxylic acids is 1. The molecule has 29 heavy (non-hydrogen) atoms. The molecule has 0 radical (unpaired) electrons. The van der Waals surface area contributed by atoms with Crippen LogP contribution in [-0.2, 0) is 17.8 Å². The zero-order valence-electron chi connectivity index (χ0n) is 16.2. The van der Waals surface area contributed by atoms with Crippen LogP contribution in [0.5, 0.6) is 0 Å². The third-order valence-corrected chi connectivity index (χ3v) is 5.19. The molecule has 1 aliphatic heterocycles. The van der Waals surface area contributed by atoms with Gasteiger partial charge in [0.15, 0.2) is 0 Å². The number of aromatic nitrogens is 4. The summed E-state index contributed by atoms with van der Waals surface area (Å²) in [6.07, 6.45) is 7.23. The minimum atomic E-state index is -0.736. The summed E-state index contributed by atoms with van der Waals surface area (Å²) >= 11 is 0. The molecule has 7 nitrogen and oxygen atoms in total. The van der Waals surface area contributed by atoms with Crippen molar-refractivity contribution < 1.29 is 9.18 Å². The molecule has 1 N–H and O–H groups in total. The molecule has 8 heteroatoms. The van der Waals surface area contributed by atoms with Gasteiger partial charge in [0.25, 0.3) is 0 Å². The van der Waals surface area contributed by atoms with E-state index in [9.17, 15) is 9.18 Å². The zero-order valence-corrected chi connectivity index (χ0v) is 16.2. The molecule has 0 spiro atoms. The summed E-state index contributed by atoms with van der Waals surface area (Å²) in [4.78, 5) is 23.7. The number of carbonyl (C=O) groups is 1. The van der Waals surface area contributed by atoms with Gasteiger partial charge in [-0.25, -0.2) is 14.4 Å². The fourth-order valence-electron chi connectivity index (χ4n) is 3.73. The molecule has 1 amide bonds. The van der Waals surface area contributed by atoms with E-state index in [1.165, 1.54) is 6.07 Å². The fraction of sp³-hybridized carbons (Fsp3) is 0.333. The maximum absolute atomic E-state index is 14.3. The average molecular weight is 394 g/mol. The normalized spacial score (nSPS) is 16.1. The molecule has 1 saturated heterocycles. The number of anilines is 1. The van der Waals surface area contributed by atoms with Crippen LogP contribution >= 0.6 is 0 Å². The first-order valence-electron chi connectivity index (χ1n) is 9.59. The van der Waals surface area contributed by atoms with Gasteiger partial charge in [-0.15, -0.1) is 0 Å². The first kappa shape index (κ1) is 19.0. The molecule has 150 valence electrons. The van der Waals surface area contributed by atoms with Gasteiger partial charge in [0.2, 0.25) is 11.9 Å². The highest BCUT2D eigenvalue weighted by Gasteiger charge is 2.50. The Morgan fingerprint density at radius 1 is 1.17 bits per heavy atom. The smallest absolute Gasteiger partial charge is 0.230 e. The second-order valence-corrected chi connectivity index (χ2v) is 7.56. The molecular formula is C21H23FN6O. The van der Waals surface area contributed by atoms with Gasteiger partial charge in [0, 0.05) is 43.9 Å². The van der Waals surface area contributed by atoms with E-state index in [1.807, 2.05) is 24.1 Å². The fourth-order valence-corrected chi connectivity index (χ4v) is 3.73. The summed E-state index contributed by atoms with van der Waals surface area (Å²) in [6, 6.07) is 10.1. The Bertz CT molecular complexity index is 956. The van der Waals surface area contributed by atoms with E-state index in [0.717, 1.165) is 0 Å². The molecule has 3 aromatic rings. The van der Waals surface area contributed by atoms with Crippen molar-refractivity contribution in [2.75, 3.05) is 18.0 Å². The molecule has 1 unspecified atom stereocenters. The molecule has 2 aromatic heterocycles. The van der Waals surface area contributed by atoms with Crippen LogP contribution in [0.1, 0.15) is 12.5 Å². The Hall–Kier alpha value is -3.29. The van der Waals surface area contributed by atoms with Crippen LogP contribution in [-0.4, -0.2) is 44.8 Å². The second kappa shape index (κ2) is 7.98. The van der Waals surface area contributed by atoms with Crippen LogP contribution in [0, 0.1) is 11.2 Å². The lowest BCUT2D eigenvalue weighted by molar-refractivity contribution is -0.133. The van der Waals surface area contributed by atoms with Crippen molar-refractivity contribution in [2.45, 2.75) is 25.9 Å². The first-order chi connectivity index (χ1) is 14.1. The summed E-state index contributed by atoms with van der Waals surface area (Å²) in [7, 11) is 0. The lowest BCUT2D eigenvalue weighted by atomic mass is 9.73. The maximum atomic E-state index is 14.3. The van der Waals surface area contributed by atoms with Crippen LogP contribution in [0.3, 0.4) is 0 Å². The predicted octanol–water partition coefficient (Wildman–Crippen LogP) is 2.07.